The first-order valence-electron chi connectivity index (χ1n) is 7.59. The van der Waals surface area contributed by atoms with Crippen molar-refractivity contribution in [3.05, 3.63) is 64.7 Å². The topological polar surface area (TPSA) is 3.24 Å². The second-order valence-corrected chi connectivity index (χ2v) is 7.06. The van der Waals surface area contributed by atoms with Crippen molar-refractivity contribution in [2.24, 2.45) is 0 Å². The van der Waals surface area contributed by atoms with Gasteiger partial charge in [-0.2, -0.15) is 0 Å². The Labute approximate surface area is 132 Å². The van der Waals surface area contributed by atoms with E-state index in [1.807, 2.05) is 12.1 Å². The van der Waals surface area contributed by atoms with E-state index in [1.165, 1.54) is 16.8 Å². The van der Waals surface area contributed by atoms with Crippen molar-refractivity contribution in [1.29, 1.82) is 0 Å². The number of hydrogen-bond acceptors (Lipinski definition) is 1. The summed E-state index contributed by atoms with van der Waals surface area (Å²) in [6, 6.07) is 16.9. The van der Waals surface area contributed by atoms with Crippen LogP contribution < -0.4 is 4.90 Å². The number of anilines is 1. The molecule has 1 heterocycles. The molecule has 0 saturated heterocycles. The number of nitrogens with zero attached hydrogens (tertiary/aromatic N) is 1. The van der Waals surface area contributed by atoms with Gasteiger partial charge >= 0.3 is 0 Å². The molecule has 0 N–H and O–H groups in total. The Morgan fingerprint density at radius 2 is 1.76 bits per heavy atom. The summed E-state index contributed by atoms with van der Waals surface area (Å²) in [7, 11) is 0. The molecule has 1 atom stereocenters. The molecule has 1 unspecified atom stereocenters. The van der Waals surface area contributed by atoms with Gasteiger partial charge in [-0.05, 0) is 49.4 Å². The molecule has 0 aliphatic carbocycles. The van der Waals surface area contributed by atoms with Gasteiger partial charge in [0.25, 0.3) is 0 Å². The van der Waals surface area contributed by atoms with Crippen molar-refractivity contribution in [1.82, 2.24) is 0 Å². The Balaban J connectivity index is 2.03. The van der Waals surface area contributed by atoms with Gasteiger partial charge in [0.2, 0.25) is 0 Å². The van der Waals surface area contributed by atoms with Gasteiger partial charge in [0.15, 0.2) is 0 Å². The van der Waals surface area contributed by atoms with E-state index >= 15 is 0 Å². The van der Waals surface area contributed by atoms with E-state index in [1.54, 1.807) is 0 Å². The summed E-state index contributed by atoms with van der Waals surface area (Å²) >= 11 is 6.37. The summed E-state index contributed by atoms with van der Waals surface area (Å²) in [5, 5.41) is 0.851. The summed E-state index contributed by atoms with van der Waals surface area (Å²) < 4.78 is 0. The fraction of sp³-hybridized carbons (Fsp3) is 0.368. The van der Waals surface area contributed by atoms with Crippen molar-refractivity contribution >= 4 is 17.3 Å². The molecule has 110 valence electrons. The summed E-state index contributed by atoms with van der Waals surface area (Å²) in [5.41, 5.74) is 4.12. The molecule has 1 aliphatic rings. The minimum atomic E-state index is 0.132. The van der Waals surface area contributed by atoms with Gasteiger partial charge in [0, 0.05) is 22.8 Å². The number of hydrogen-bond donors (Lipinski definition) is 0. The minimum absolute atomic E-state index is 0.132. The van der Waals surface area contributed by atoms with Crippen LogP contribution in [0, 0.1) is 0 Å². The fourth-order valence-corrected chi connectivity index (χ4v) is 3.74. The van der Waals surface area contributed by atoms with E-state index in [4.69, 9.17) is 11.6 Å². The van der Waals surface area contributed by atoms with Crippen LogP contribution in [0.25, 0.3) is 0 Å². The Kier molecular flexibility index (Phi) is 3.71. The van der Waals surface area contributed by atoms with Gasteiger partial charge in [0.1, 0.15) is 0 Å². The standard InChI is InChI=1S/C19H22ClN/c1-14-12-19(2,3)21(18-11-7-5-9-16(14)18)13-15-8-4-6-10-17(15)20/h4-11,14H,12-13H2,1-3H3. The summed E-state index contributed by atoms with van der Waals surface area (Å²) in [6.45, 7) is 7.84. The molecule has 0 spiro atoms. The van der Waals surface area contributed by atoms with Crippen LogP contribution in [0.5, 0.6) is 0 Å². The van der Waals surface area contributed by atoms with Crippen LogP contribution in [0.2, 0.25) is 5.02 Å². The minimum Gasteiger partial charge on any atom is -0.362 e. The third-order valence-electron chi connectivity index (χ3n) is 4.58. The van der Waals surface area contributed by atoms with Crippen LogP contribution >= 0.6 is 11.6 Å². The van der Waals surface area contributed by atoms with Crippen molar-refractivity contribution < 1.29 is 0 Å². The van der Waals surface area contributed by atoms with Gasteiger partial charge in [-0.3, -0.25) is 0 Å². The first-order valence-corrected chi connectivity index (χ1v) is 7.97. The molecule has 2 aromatic rings. The van der Waals surface area contributed by atoms with Gasteiger partial charge in [0.05, 0.1) is 0 Å². The molecule has 2 aromatic carbocycles. The quantitative estimate of drug-likeness (QED) is 0.694. The summed E-state index contributed by atoms with van der Waals surface area (Å²) in [5.74, 6) is 0.596. The normalized spacial score (nSPS) is 20.2. The molecule has 1 nitrogen and oxygen atoms in total. The van der Waals surface area contributed by atoms with E-state index in [0.717, 1.165) is 18.0 Å². The second kappa shape index (κ2) is 5.38. The molecule has 0 radical (unpaired) electrons. The maximum absolute atomic E-state index is 6.37. The maximum Gasteiger partial charge on any atom is 0.0455 e. The first kappa shape index (κ1) is 14.5. The van der Waals surface area contributed by atoms with E-state index in [-0.39, 0.29) is 5.54 Å². The zero-order valence-corrected chi connectivity index (χ0v) is 13.7. The van der Waals surface area contributed by atoms with Crippen molar-refractivity contribution in [2.75, 3.05) is 4.90 Å². The third kappa shape index (κ3) is 2.67. The third-order valence-corrected chi connectivity index (χ3v) is 4.95. The predicted octanol–water partition coefficient (Wildman–Crippen LogP) is 5.63. The Morgan fingerprint density at radius 1 is 1.10 bits per heavy atom. The first-order chi connectivity index (χ1) is 9.99. The van der Waals surface area contributed by atoms with Crippen LogP contribution in [0.15, 0.2) is 48.5 Å². The van der Waals surface area contributed by atoms with E-state index in [2.05, 4.69) is 62.1 Å². The van der Waals surface area contributed by atoms with Crippen LogP contribution in [-0.2, 0) is 6.54 Å². The van der Waals surface area contributed by atoms with Gasteiger partial charge in [-0.15, -0.1) is 0 Å². The molecule has 0 aromatic heterocycles. The average Bonchev–Trinajstić information content (AvgIpc) is 2.45. The molecule has 3 rings (SSSR count). The molecule has 21 heavy (non-hydrogen) atoms. The highest BCUT2D eigenvalue weighted by molar-refractivity contribution is 6.31. The zero-order chi connectivity index (χ0) is 15.0. The summed E-state index contributed by atoms with van der Waals surface area (Å²) in [4.78, 5) is 2.50. The SMILES string of the molecule is CC1CC(C)(C)N(Cc2ccccc2Cl)c2ccccc21. The van der Waals surface area contributed by atoms with Gasteiger partial charge in [-0.1, -0.05) is 54.9 Å². The molecule has 0 bridgehead atoms. The highest BCUT2D eigenvalue weighted by Gasteiger charge is 2.36. The molecule has 0 amide bonds. The smallest absolute Gasteiger partial charge is 0.0455 e. The predicted molar refractivity (Wildman–Crippen MR) is 91.2 cm³/mol. The monoisotopic (exact) mass is 299 g/mol. The second-order valence-electron chi connectivity index (χ2n) is 6.65. The lowest BCUT2D eigenvalue weighted by Crippen LogP contribution is -2.47. The van der Waals surface area contributed by atoms with Crippen LogP contribution in [0.3, 0.4) is 0 Å². The largest absolute Gasteiger partial charge is 0.362 e. The summed E-state index contributed by atoms with van der Waals surface area (Å²) in [6.07, 6.45) is 1.16. The number of para-hydroxylation sites is 1. The highest BCUT2D eigenvalue weighted by atomic mass is 35.5. The number of halogens is 1. The van der Waals surface area contributed by atoms with Crippen LogP contribution in [-0.4, -0.2) is 5.54 Å². The van der Waals surface area contributed by atoms with Crippen molar-refractivity contribution in [2.45, 2.75) is 45.2 Å². The number of benzene rings is 2. The molecular weight excluding hydrogens is 278 g/mol. The highest BCUT2D eigenvalue weighted by Crippen LogP contribution is 2.44. The lowest BCUT2D eigenvalue weighted by molar-refractivity contribution is 0.374. The number of fused-ring (bicyclic) bond motifs is 1. The zero-order valence-electron chi connectivity index (χ0n) is 12.9. The maximum atomic E-state index is 6.37. The number of rotatable bonds is 2. The molecule has 1 aliphatic heterocycles. The fourth-order valence-electron chi connectivity index (χ4n) is 3.54. The molecule has 2 heteroatoms. The lowest BCUT2D eigenvalue weighted by Gasteiger charge is -2.47. The lowest BCUT2D eigenvalue weighted by atomic mass is 9.80. The van der Waals surface area contributed by atoms with Gasteiger partial charge < -0.3 is 4.90 Å². The van der Waals surface area contributed by atoms with E-state index in [9.17, 15) is 0 Å². The van der Waals surface area contributed by atoms with Crippen LogP contribution in [0.4, 0.5) is 5.69 Å². The Bertz CT molecular complexity index is 648. The molecule has 0 saturated carbocycles. The molecular formula is C19H22ClN. The molecule has 0 fully saturated rings. The van der Waals surface area contributed by atoms with Crippen molar-refractivity contribution in [3.63, 3.8) is 0 Å². The average molecular weight is 300 g/mol. The van der Waals surface area contributed by atoms with Crippen LogP contribution in [0.1, 0.15) is 44.2 Å². The van der Waals surface area contributed by atoms with E-state index in [0.29, 0.717) is 5.92 Å². The van der Waals surface area contributed by atoms with Gasteiger partial charge in [-0.25, -0.2) is 0 Å². The van der Waals surface area contributed by atoms with Crippen molar-refractivity contribution in [3.8, 4) is 0 Å². The Hall–Kier alpha value is -1.47. The Morgan fingerprint density at radius 3 is 2.52 bits per heavy atom. The van der Waals surface area contributed by atoms with E-state index < -0.39 is 0 Å².